The summed E-state index contributed by atoms with van der Waals surface area (Å²) >= 11 is 0. The van der Waals surface area contributed by atoms with Crippen molar-refractivity contribution in [2.45, 2.75) is 31.9 Å². The molecule has 0 bridgehead atoms. The molecule has 1 aromatic rings. The zero-order valence-electron chi connectivity index (χ0n) is 13.0. The highest BCUT2D eigenvalue weighted by molar-refractivity contribution is 5.85. The second-order valence-corrected chi connectivity index (χ2v) is 6.09. The Morgan fingerprint density at radius 2 is 2.09 bits per heavy atom. The number of hydrogen-bond acceptors (Lipinski definition) is 3. The van der Waals surface area contributed by atoms with E-state index in [2.05, 4.69) is 24.4 Å². The molecule has 0 aromatic heterocycles. The van der Waals surface area contributed by atoms with Crippen LogP contribution >= 0.6 is 12.4 Å². The van der Waals surface area contributed by atoms with E-state index in [4.69, 9.17) is 4.74 Å². The van der Waals surface area contributed by atoms with E-state index >= 15 is 0 Å². The zero-order chi connectivity index (χ0) is 14.7. The van der Waals surface area contributed by atoms with Crippen molar-refractivity contribution in [3.8, 4) is 0 Å². The molecule has 2 saturated heterocycles. The Morgan fingerprint density at radius 3 is 2.82 bits per heavy atom. The number of carbonyl (C=O) groups is 1. The second-order valence-electron chi connectivity index (χ2n) is 6.09. The second kappa shape index (κ2) is 7.95. The first-order valence-electron chi connectivity index (χ1n) is 7.94. The minimum absolute atomic E-state index is 0. The van der Waals surface area contributed by atoms with E-state index in [0.717, 1.165) is 44.6 Å². The number of benzene rings is 1. The van der Waals surface area contributed by atoms with Crippen molar-refractivity contribution in [2.24, 2.45) is 5.92 Å². The number of piperazine rings is 1. The van der Waals surface area contributed by atoms with E-state index in [1.54, 1.807) is 0 Å². The Balaban J connectivity index is 0.00000176. The summed E-state index contributed by atoms with van der Waals surface area (Å²) in [6.45, 7) is 5.38. The monoisotopic (exact) mass is 324 g/mol. The van der Waals surface area contributed by atoms with Crippen LogP contribution in [0.3, 0.4) is 0 Å². The normalized spacial score (nSPS) is 28.8. The number of rotatable bonds is 2. The van der Waals surface area contributed by atoms with Gasteiger partial charge in [-0.05, 0) is 25.3 Å². The van der Waals surface area contributed by atoms with E-state index in [1.165, 1.54) is 0 Å². The van der Waals surface area contributed by atoms with E-state index < -0.39 is 0 Å². The SMILES string of the molecule is C[C@H]1CN(C(=O)C2CCCOC2c2ccccc2)CCN1.Cl. The first-order chi connectivity index (χ1) is 10.3. The maximum atomic E-state index is 12.9. The maximum Gasteiger partial charge on any atom is 0.228 e. The Hall–Kier alpha value is -1.10. The van der Waals surface area contributed by atoms with Gasteiger partial charge in [0.2, 0.25) is 5.91 Å². The molecular weight excluding hydrogens is 300 g/mol. The molecule has 5 heteroatoms. The van der Waals surface area contributed by atoms with Crippen molar-refractivity contribution in [2.75, 3.05) is 26.2 Å². The molecule has 4 nitrogen and oxygen atoms in total. The average molecular weight is 325 g/mol. The van der Waals surface area contributed by atoms with Crippen LogP contribution in [-0.2, 0) is 9.53 Å². The van der Waals surface area contributed by atoms with Crippen LogP contribution in [0.15, 0.2) is 30.3 Å². The molecule has 22 heavy (non-hydrogen) atoms. The molecule has 3 atom stereocenters. The number of nitrogens with one attached hydrogen (secondary N) is 1. The Bertz CT molecular complexity index is 483. The van der Waals surface area contributed by atoms with Gasteiger partial charge in [0.15, 0.2) is 0 Å². The van der Waals surface area contributed by atoms with Crippen molar-refractivity contribution in [3.63, 3.8) is 0 Å². The summed E-state index contributed by atoms with van der Waals surface area (Å²) in [5.74, 6) is 0.225. The van der Waals surface area contributed by atoms with Crippen LogP contribution in [0.1, 0.15) is 31.4 Å². The Kier molecular flexibility index (Phi) is 6.24. The third kappa shape index (κ3) is 3.80. The van der Waals surface area contributed by atoms with Crippen molar-refractivity contribution >= 4 is 18.3 Å². The van der Waals surface area contributed by atoms with Gasteiger partial charge in [0.25, 0.3) is 0 Å². The van der Waals surface area contributed by atoms with Crippen molar-refractivity contribution < 1.29 is 9.53 Å². The van der Waals surface area contributed by atoms with Gasteiger partial charge in [0.1, 0.15) is 0 Å². The average Bonchev–Trinajstić information content (AvgIpc) is 2.55. The molecule has 2 aliphatic heterocycles. The largest absolute Gasteiger partial charge is 0.373 e. The number of amides is 1. The molecule has 2 unspecified atom stereocenters. The molecule has 2 heterocycles. The number of carbonyl (C=O) groups excluding carboxylic acids is 1. The molecule has 1 aromatic carbocycles. The summed E-state index contributed by atoms with van der Waals surface area (Å²) in [6.07, 6.45) is 1.82. The fourth-order valence-corrected chi connectivity index (χ4v) is 3.37. The van der Waals surface area contributed by atoms with E-state index in [0.29, 0.717) is 6.04 Å². The smallest absolute Gasteiger partial charge is 0.228 e. The van der Waals surface area contributed by atoms with Crippen molar-refractivity contribution in [3.05, 3.63) is 35.9 Å². The van der Waals surface area contributed by atoms with Gasteiger partial charge in [-0.25, -0.2) is 0 Å². The maximum absolute atomic E-state index is 12.9. The van der Waals surface area contributed by atoms with Gasteiger partial charge in [0.05, 0.1) is 12.0 Å². The summed E-state index contributed by atoms with van der Waals surface area (Å²) in [4.78, 5) is 14.9. The third-order valence-corrected chi connectivity index (χ3v) is 4.45. The molecular formula is C17H25ClN2O2. The standard InChI is InChI=1S/C17H24N2O2.ClH/c1-13-12-19(10-9-18-13)17(20)15-8-5-11-21-16(15)14-6-3-2-4-7-14;/h2-4,6-7,13,15-16,18H,5,8-12H2,1H3;1H/t13-,15?,16?;/m0./s1. The minimum atomic E-state index is -0.0855. The van der Waals surface area contributed by atoms with E-state index in [-0.39, 0.29) is 30.3 Å². The lowest BCUT2D eigenvalue weighted by Gasteiger charge is -2.38. The van der Waals surface area contributed by atoms with Gasteiger partial charge >= 0.3 is 0 Å². The summed E-state index contributed by atoms with van der Waals surface area (Å²) in [5, 5.41) is 3.39. The summed E-state index contributed by atoms with van der Waals surface area (Å²) in [5.41, 5.74) is 1.12. The van der Waals surface area contributed by atoms with Gasteiger partial charge in [-0.3, -0.25) is 4.79 Å². The van der Waals surface area contributed by atoms with E-state index in [1.807, 2.05) is 23.1 Å². The summed E-state index contributed by atoms with van der Waals surface area (Å²) in [7, 11) is 0. The van der Waals surface area contributed by atoms with Crippen molar-refractivity contribution in [1.82, 2.24) is 10.2 Å². The molecule has 0 spiro atoms. The van der Waals surface area contributed by atoms with Crippen LogP contribution in [-0.4, -0.2) is 43.1 Å². The fraction of sp³-hybridized carbons (Fsp3) is 0.588. The van der Waals surface area contributed by atoms with Gasteiger partial charge < -0.3 is 15.0 Å². The summed E-state index contributed by atoms with van der Waals surface area (Å²) in [6, 6.07) is 10.5. The lowest BCUT2D eigenvalue weighted by atomic mass is 9.88. The lowest BCUT2D eigenvalue weighted by Crippen LogP contribution is -2.53. The molecule has 122 valence electrons. The number of halogens is 1. The molecule has 1 N–H and O–H groups in total. The topological polar surface area (TPSA) is 41.6 Å². The molecule has 1 amide bonds. The Labute approximate surface area is 138 Å². The van der Waals surface area contributed by atoms with Gasteiger partial charge in [0, 0.05) is 32.3 Å². The third-order valence-electron chi connectivity index (χ3n) is 4.45. The van der Waals surface area contributed by atoms with Gasteiger partial charge in [-0.2, -0.15) is 0 Å². The quantitative estimate of drug-likeness (QED) is 0.908. The molecule has 2 aliphatic rings. The molecule has 3 rings (SSSR count). The van der Waals surface area contributed by atoms with Gasteiger partial charge in [-0.15, -0.1) is 12.4 Å². The van der Waals surface area contributed by atoms with Crippen LogP contribution < -0.4 is 5.32 Å². The van der Waals surface area contributed by atoms with Crippen LogP contribution in [0.4, 0.5) is 0 Å². The molecule has 0 radical (unpaired) electrons. The lowest BCUT2D eigenvalue weighted by molar-refractivity contribution is -0.146. The molecule has 2 fully saturated rings. The van der Waals surface area contributed by atoms with Crippen LogP contribution in [0.25, 0.3) is 0 Å². The van der Waals surface area contributed by atoms with E-state index in [9.17, 15) is 4.79 Å². The van der Waals surface area contributed by atoms with Crippen LogP contribution in [0.2, 0.25) is 0 Å². The predicted molar refractivity (Wildman–Crippen MR) is 89.2 cm³/mol. The van der Waals surface area contributed by atoms with Crippen LogP contribution in [0.5, 0.6) is 0 Å². The molecule has 0 aliphatic carbocycles. The number of ether oxygens (including phenoxy) is 1. The Morgan fingerprint density at radius 1 is 1.32 bits per heavy atom. The number of nitrogens with zero attached hydrogens (tertiary/aromatic N) is 1. The highest BCUT2D eigenvalue weighted by atomic mass is 35.5. The van der Waals surface area contributed by atoms with Crippen molar-refractivity contribution in [1.29, 1.82) is 0 Å². The van der Waals surface area contributed by atoms with Gasteiger partial charge in [-0.1, -0.05) is 30.3 Å². The number of hydrogen-bond donors (Lipinski definition) is 1. The summed E-state index contributed by atoms with van der Waals surface area (Å²) < 4.78 is 5.95. The van der Waals surface area contributed by atoms with Crippen LogP contribution in [0, 0.1) is 5.92 Å². The highest BCUT2D eigenvalue weighted by Gasteiger charge is 2.36. The highest BCUT2D eigenvalue weighted by Crippen LogP contribution is 2.35. The first-order valence-corrected chi connectivity index (χ1v) is 7.94. The predicted octanol–water partition coefficient (Wildman–Crippen LogP) is 2.40. The first kappa shape index (κ1) is 17.3. The fourth-order valence-electron chi connectivity index (χ4n) is 3.37. The molecule has 0 saturated carbocycles. The zero-order valence-corrected chi connectivity index (χ0v) is 13.8. The minimum Gasteiger partial charge on any atom is -0.373 e.